The van der Waals surface area contributed by atoms with Crippen molar-refractivity contribution in [1.29, 1.82) is 0 Å². The third-order valence-corrected chi connectivity index (χ3v) is 3.67. The summed E-state index contributed by atoms with van der Waals surface area (Å²) in [5.74, 6) is -0.0845. The van der Waals surface area contributed by atoms with Gasteiger partial charge in [0.1, 0.15) is 0 Å². The highest BCUT2D eigenvalue weighted by Gasteiger charge is 2.34. The molecule has 0 radical (unpaired) electrons. The Hall–Kier alpha value is -2.91. The van der Waals surface area contributed by atoms with Crippen LogP contribution in [-0.2, 0) is 19.3 Å². The van der Waals surface area contributed by atoms with Gasteiger partial charge in [0.25, 0.3) is 0 Å². The molecule has 0 saturated heterocycles. The van der Waals surface area contributed by atoms with Gasteiger partial charge in [-0.05, 0) is 26.0 Å². The van der Waals surface area contributed by atoms with Gasteiger partial charge in [-0.1, -0.05) is 0 Å². The molecule has 0 aliphatic rings. The molecule has 0 unspecified atom stereocenters. The van der Waals surface area contributed by atoms with Crippen LogP contribution in [0.25, 0.3) is 11.3 Å². The van der Waals surface area contributed by atoms with E-state index in [0.29, 0.717) is 18.7 Å². The standard InChI is InChI=1S/C16H18F3N7/c1-3-25-10-12(8-21-25)13-7-14(16(17,18)19)24-15(23-13)22-11(2)9-26-6-4-5-20-26/h4-8,10-11H,3,9H2,1-2H3,(H,22,23,24)/t11-/m0/s1. The van der Waals surface area contributed by atoms with Gasteiger partial charge in [0.2, 0.25) is 5.95 Å². The van der Waals surface area contributed by atoms with Crippen molar-refractivity contribution >= 4 is 5.95 Å². The van der Waals surface area contributed by atoms with Gasteiger partial charge < -0.3 is 5.32 Å². The predicted octanol–water partition coefficient (Wildman–Crippen LogP) is 3.08. The quantitative estimate of drug-likeness (QED) is 0.727. The van der Waals surface area contributed by atoms with Crippen LogP contribution in [0.4, 0.5) is 19.1 Å². The molecule has 0 aliphatic heterocycles. The average Bonchev–Trinajstić information content (AvgIpc) is 3.24. The van der Waals surface area contributed by atoms with Crippen molar-refractivity contribution in [1.82, 2.24) is 29.5 Å². The molecule has 10 heteroatoms. The van der Waals surface area contributed by atoms with Gasteiger partial charge in [-0.25, -0.2) is 9.97 Å². The van der Waals surface area contributed by atoms with Crippen LogP contribution in [0, 0.1) is 0 Å². The molecule has 0 spiro atoms. The fourth-order valence-corrected chi connectivity index (χ4v) is 2.43. The van der Waals surface area contributed by atoms with Gasteiger partial charge in [0.05, 0.1) is 18.4 Å². The molecule has 0 bridgehead atoms. The van der Waals surface area contributed by atoms with Gasteiger partial charge in [-0.15, -0.1) is 0 Å². The summed E-state index contributed by atoms with van der Waals surface area (Å²) in [6.45, 7) is 4.79. The molecule has 0 aromatic carbocycles. The second-order valence-corrected chi connectivity index (χ2v) is 5.82. The molecule has 0 amide bonds. The first kappa shape index (κ1) is 17.9. The number of anilines is 1. The summed E-state index contributed by atoms with van der Waals surface area (Å²) in [6.07, 6.45) is 1.98. The van der Waals surface area contributed by atoms with Crippen LogP contribution in [0.1, 0.15) is 19.5 Å². The van der Waals surface area contributed by atoms with Crippen molar-refractivity contribution < 1.29 is 13.2 Å². The third kappa shape index (κ3) is 4.19. The summed E-state index contributed by atoms with van der Waals surface area (Å²) >= 11 is 0. The number of nitrogens with zero attached hydrogens (tertiary/aromatic N) is 6. The lowest BCUT2D eigenvalue weighted by Gasteiger charge is -2.16. The molecule has 1 N–H and O–H groups in total. The maximum Gasteiger partial charge on any atom is 0.433 e. The zero-order valence-electron chi connectivity index (χ0n) is 14.3. The van der Waals surface area contributed by atoms with E-state index in [1.165, 1.54) is 6.20 Å². The second kappa shape index (κ2) is 7.14. The summed E-state index contributed by atoms with van der Waals surface area (Å²) in [4.78, 5) is 7.85. The minimum Gasteiger partial charge on any atom is -0.350 e. The van der Waals surface area contributed by atoms with Crippen LogP contribution >= 0.6 is 0 Å². The van der Waals surface area contributed by atoms with E-state index in [9.17, 15) is 13.2 Å². The van der Waals surface area contributed by atoms with Crippen LogP contribution in [0.5, 0.6) is 0 Å². The monoisotopic (exact) mass is 365 g/mol. The fraction of sp³-hybridized carbons (Fsp3) is 0.375. The number of aryl methyl sites for hydroxylation is 1. The summed E-state index contributed by atoms with van der Waals surface area (Å²) in [5.41, 5.74) is -0.330. The Kier molecular flexibility index (Phi) is 4.92. The summed E-state index contributed by atoms with van der Waals surface area (Å²) in [6, 6.07) is 2.49. The van der Waals surface area contributed by atoms with Crippen LogP contribution in [0.15, 0.2) is 36.9 Å². The number of aromatic nitrogens is 6. The molecule has 3 aromatic heterocycles. The number of halogens is 3. The molecule has 7 nitrogen and oxygen atoms in total. The van der Waals surface area contributed by atoms with E-state index >= 15 is 0 Å². The minimum absolute atomic E-state index is 0.0845. The van der Waals surface area contributed by atoms with E-state index < -0.39 is 11.9 Å². The molecule has 3 rings (SSSR count). The topological polar surface area (TPSA) is 73.5 Å². The lowest BCUT2D eigenvalue weighted by atomic mass is 10.2. The average molecular weight is 365 g/mol. The van der Waals surface area contributed by atoms with Gasteiger partial charge in [-0.2, -0.15) is 23.4 Å². The Balaban J connectivity index is 1.89. The first-order chi connectivity index (χ1) is 12.3. The minimum atomic E-state index is -4.57. The Labute approximate surface area is 147 Å². The Morgan fingerprint density at radius 3 is 2.62 bits per heavy atom. The lowest BCUT2D eigenvalue weighted by Crippen LogP contribution is -2.24. The Morgan fingerprint density at radius 1 is 1.19 bits per heavy atom. The highest BCUT2D eigenvalue weighted by molar-refractivity contribution is 5.59. The smallest absolute Gasteiger partial charge is 0.350 e. The number of hydrogen-bond acceptors (Lipinski definition) is 5. The Morgan fingerprint density at radius 2 is 2.00 bits per heavy atom. The van der Waals surface area contributed by atoms with E-state index in [1.807, 2.05) is 13.8 Å². The maximum absolute atomic E-state index is 13.2. The lowest BCUT2D eigenvalue weighted by molar-refractivity contribution is -0.141. The van der Waals surface area contributed by atoms with Crippen molar-refractivity contribution in [3.63, 3.8) is 0 Å². The molecule has 1 atom stereocenters. The zero-order valence-corrected chi connectivity index (χ0v) is 14.3. The normalized spacial score (nSPS) is 13.0. The van der Waals surface area contributed by atoms with Gasteiger partial charge >= 0.3 is 6.18 Å². The molecule has 26 heavy (non-hydrogen) atoms. The number of hydrogen-bond donors (Lipinski definition) is 1. The summed E-state index contributed by atoms with van der Waals surface area (Å²) in [7, 11) is 0. The van der Waals surface area contributed by atoms with E-state index in [4.69, 9.17) is 0 Å². The largest absolute Gasteiger partial charge is 0.433 e. The highest BCUT2D eigenvalue weighted by Crippen LogP contribution is 2.31. The molecule has 138 valence electrons. The summed E-state index contributed by atoms with van der Waals surface area (Å²) in [5, 5.41) is 11.1. The Bertz CT molecular complexity index is 855. The van der Waals surface area contributed by atoms with Crippen molar-refractivity contribution in [2.24, 2.45) is 0 Å². The van der Waals surface area contributed by atoms with E-state index in [-0.39, 0.29) is 17.7 Å². The molecule has 3 heterocycles. The SMILES string of the molecule is CCn1cc(-c2cc(C(F)(F)F)nc(N[C@@H](C)Cn3cccn3)n2)cn1. The molecule has 0 saturated carbocycles. The zero-order chi connectivity index (χ0) is 18.7. The van der Waals surface area contributed by atoms with E-state index in [2.05, 4.69) is 25.5 Å². The number of rotatable bonds is 6. The van der Waals surface area contributed by atoms with Crippen LogP contribution in [-0.4, -0.2) is 35.6 Å². The molecule has 0 fully saturated rings. The van der Waals surface area contributed by atoms with Gasteiger partial charge in [-0.3, -0.25) is 9.36 Å². The van der Waals surface area contributed by atoms with Crippen molar-refractivity contribution in [2.75, 3.05) is 5.32 Å². The first-order valence-electron chi connectivity index (χ1n) is 8.08. The van der Waals surface area contributed by atoms with Crippen molar-refractivity contribution in [3.05, 3.63) is 42.6 Å². The van der Waals surface area contributed by atoms with Gasteiger partial charge in [0, 0.05) is 36.7 Å². The predicted molar refractivity (Wildman–Crippen MR) is 89.2 cm³/mol. The van der Waals surface area contributed by atoms with Gasteiger partial charge in [0.15, 0.2) is 5.69 Å². The molecular formula is C16H18F3N7. The van der Waals surface area contributed by atoms with Crippen molar-refractivity contribution in [3.8, 4) is 11.3 Å². The van der Waals surface area contributed by atoms with E-state index in [0.717, 1.165) is 6.07 Å². The maximum atomic E-state index is 13.2. The third-order valence-electron chi connectivity index (χ3n) is 3.67. The summed E-state index contributed by atoms with van der Waals surface area (Å²) < 4.78 is 43.0. The molecular weight excluding hydrogens is 347 g/mol. The first-order valence-corrected chi connectivity index (χ1v) is 8.08. The highest BCUT2D eigenvalue weighted by atomic mass is 19.4. The van der Waals surface area contributed by atoms with Crippen LogP contribution in [0.2, 0.25) is 0 Å². The molecule has 3 aromatic rings. The molecule has 0 aliphatic carbocycles. The number of nitrogens with one attached hydrogen (secondary N) is 1. The van der Waals surface area contributed by atoms with E-state index in [1.54, 1.807) is 34.0 Å². The second-order valence-electron chi connectivity index (χ2n) is 5.82. The fourth-order valence-electron chi connectivity index (χ4n) is 2.43. The van der Waals surface area contributed by atoms with Crippen molar-refractivity contribution in [2.45, 2.75) is 39.2 Å². The number of alkyl halides is 3. The van der Waals surface area contributed by atoms with Crippen LogP contribution < -0.4 is 5.32 Å². The van der Waals surface area contributed by atoms with Crippen LogP contribution in [0.3, 0.4) is 0 Å².